The minimum Gasteiger partial charge on any atom is -0.279 e. The van der Waals surface area contributed by atoms with Gasteiger partial charge in [0.05, 0.1) is 30.8 Å². The highest BCUT2D eigenvalue weighted by Crippen LogP contribution is 2.27. The fourth-order valence-electron chi connectivity index (χ4n) is 3.11. The Morgan fingerprint density at radius 2 is 2.21 bits per heavy atom. The Kier molecular flexibility index (Phi) is 3.35. The molecule has 1 aromatic rings. The van der Waals surface area contributed by atoms with Gasteiger partial charge in [-0.25, -0.2) is 15.1 Å². The predicted molar refractivity (Wildman–Crippen MR) is 86.5 cm³/mol. The third-order valence-electron chi connectivity index (χ3n) is 4.13. The van der Waals surface area contributed by atoms with E-state index in [2.05, 4.69) is 15.3 Å². The fraction of sp³-hybridized carbons (Fsp3) is 0.267. The number of aliphatic imine (C=N–C) groups is 2. The molecule has 9 heteroatoms. The summed E-state index contributed by atoms with van der Waals surface area (Å²) in [5.41, 5.74) is 1.49. The van der Waals surface area contributed by atoms with Crippen molar-refractivity contribution in [3.05, 3.63) is 52.2 Å². The largest absolute Gasteiger partial charge is 0.388 e. The summed E-state index contributed by atoms with van der Waals surface area (Å²) in [5.74, 6) is 1.06. The van der Waals surface area contributed by atoms with Crippen molar-refractivity contribution in [1.82, 2.24) is 10.4 Å². The van der Waals surface area contributed by atoms with E-state index in [0.717, 1.165) is 16.3 Å². The molecule has 9 nitrogen and oxygen atoms in total. The van der Waals surface area contributed by atoms with E-state index in [1.165, 1.54) is 6.07 Å². The molecule has 1 atom stereocenters. The van der Waals surface area contributed by atoms with Gasteiger partial charge in [0.2, 0.25) is 5.84 Å². The molecule has 0 bridgehead atoms. The number of nitro benzene ring substituents is 1. The highest BCUT2D eigenvalue weighted by molar-refractivity contribution is 6.46. The summed E-state index contributed by atoms with van der Waals surface area (Å²) in [6.45, 7) is 1.69. The molecule has 0 fully saturated rings. The number of fused-ring (bicyclic) bond motifs is 1. The zero-order valence-electron chi connectivity index (χ0n) is 12.7. The number of benzene rings is 1. The minimum atomic E-state index is -0.415. The standard InChI is InChI=1S/C15H14N6O3/c22-20-8-2-7-19-13(10-3-1-4-11(9-10)21(23)24)12-14(18-15(19)20)17-6-5-16-12/h1-4,8-9,13,22H,5-7H2/p+1. The van der Waals surface area contributed by atoms with Gasteiger partial charge in [-0.3, -0.25) is 20.1 Å². The van der Waals surface area contributed by atoms with Crippen LogP contribution in [0, 0.1) is 10.1 Å². The van der Waals surface area contributed by atoms with Crippen molar-refractivity contribution in [3.8, 4) is 0 Å². The van der Waals surface area contributed by atoms with E-state index in [1.54, 1.807) is 24.4 Å². The van der Waals surface area contributed by atoms with Crippen molar-refractivity contribution in [3.63, 3.8) is 0 Å². The highest BCUT2D eigenvalue weighted by atomic mass is 16.6. The molecule has 24 heavy (non-hydrogen) atoms. The number of hydrogen-bond acceptors (Lipinski definition) is 7. The number of rotatable bonds is 2. The van der Waals surface area contributed by atoms with E-state index in [9.17, 15) is 15.3 Å². The molecular weight excluding hydrogens is 312 g/mol. The van der Waals surface area contributed by atoms with E-state index >= 15 is 0 Å². The first-order chi connectivity index (χ1) is 11.6. The van der Waals surface area contributed by atoms with Crippen molar-refractivity contribution in [2.24, 2.45) is 9.98 Å². The molecule has 0 aromatic heterocycles. The lowest BCUT2D eigenvalue weighted by atomic mass is 9.97. The Balaban J connectivity index is 1.88. The molecule has 2 N–H and O–H groups in total. The average Bonchev–Trinajstić information content (AvgIpc) is 2.60. The highest BCUT2D eigenvalue weighted by Gasteiger charge is 2.42. The molecular formula is C15H15N6O3+. The number of hydrogen-bond donors (Lipinski definition) is 2. The van der Waals surface area contributed by atoms with Crippen LogP contribution in [0.3, 0.4) is 0 Å². The van der Waals surface area contributed by atoms with Gasteiger partial charge in [0.15, 0.2) is 6.04 Å². The van der Waals surface area contributed by atoms with Gasteiger partial charge >= 0.3 is 5.96 Å². The molecule has 3 aliphatic heterocycles. The summed E-state index contributed by atoms with van der Waals surface area (Å²) in [7, 11) is 0. The maximum Gasteiger partial charge on any atom is 0.388 e. The van der Waals surface area contributed by atoms with Gasteiger partial charge < -0.3 is 0 Å². The number of non-ortho nitro benzene ring substituents is 1. The quantitative estimate of drug-likeness (QED) is 0.472. The van der Waals surface area contributed by atoms with Crippen LogP contribution in [0.1, 0.15) is 11.6 Å². The van der Waals surface area contributed by atoms with E-state index in [1.807, 2.05) is 10.6 Å². The van der Waals surface area contributed by atoms with Crippen LogP contribution in [0.4, 0.5) is 5.69 Å². The van der Waals surface area contributed by atoms with Crippen LogP contribution in [-0.4, -0.2) is 56.9 Å². The molecule has 3 aliphatic rings. The Bertz CT molecular complexity index is 841. The second kappa shape index (κ2) is 5.53. The monoisotopic (exact) mass is 327 g/mol. The van der Waals surface area contributed by atoms with Crippen LogP contribution in [0.15, 0.2) is 46.5 Å². The van der Waals surface area contributed by atoms with Crippen molar-refractivity contribution >= 4 is 23.2 Å². The lowest BCUT2D eigenvalue weighted by Gasteiger charge is -2.32. The molecule has 0 spiro atoms. The van der Waals surface area contributed by atoms with Crippen molar-refractivity contribution in [1.29, 1.82) is 0 Å². The Morgan fingerprint density at radius 3 is 3.04 bits per heavy atom. The number of nitro groups is 1. The number of hydroxylamine groups is 2. The molecule has 0 aliphatic carbocycles. The Labute approximate surface area is 137 Å². The SMILES string of the molecule is O=[N+]([O-])c1cccc(C2C3=NCCN=C3NC3=[N+]2CC=CN3O)c1. The lowest BCUT2D eigenvalue weighted by molar-refractivity contribution is -0.557. The summed E-state index contributed by atoms with van der Waals surface area (Å²) >= 11 is 0. The van der Waals surface area contributed by atoms with Crippen LogP contribution in [0.2, 0.25) is 0 Å². The number of amidine groups is 1. The summed E-state index contributed by atoms with van der Waals surface area (Å²) in [6, 6.07) is 6.14. The van der Waals surface area contributed by atoms with Gasteiger partial charge in [-0.1, -0.05) is 12.1 Å². The molecule has 3 heterocycles. The molecule has 0 saturated carbocycles. The first kappa shape index (κ1) is 14.5. The topological polar surface area (TPSA) is 106 Å². The molecule has 0 saturated heterocycles. The fourth-order valence-corrected chi connectivity index (χ4v) is 3.11. The smallest absolute Gasteiger partial charge is 0.279 e. The number of guanidine groups is 1. The molecule has 1 aromatic carbocycles. The zero-order valence-corrected chi connectivity index (χ0v) is 12.7. The molecule has 0 radical (unpaired) electrons. The lowest BCUT2D eigenvalue weighted by Crippen LogP contribution is -2.58. The summed E-state index contributed by atoms with van der Waals surface area (Å²) in [4.78, 5) is 19.7. The predicted octanol–water partition coefficient (Wildman–Crippen LogP) is 0.679. The van der Waals surface area contributed by atoms with Gasteiger partial charge in [-0.15, -0.1) is 5.06 Å². The van der Waals surface area contributed by atoms with E-state index in [-0.39, 0.29) is 11.7 Å². The maximum absolute atomic E-state index is 11.1. The van der Waals surface area contributed by atoms with Crippen LogP contribution in [-0.2, 0) is 0 Å². The van der Waals surface area contributed by atoms with Crippen molar-refractivity contribution < 1.29 is 14.7 Å². The summed E-state index contributed by atoms with van der Waals surface area (Å²) < 4.78 is 1.90. The van der Waals surface area contributed by atoms with E-state index in [0.29, 0.717) is 31.4 Å². The Morgan fingerprint density at radius 1 is 1.38 bits per heavy atom. The van der Waals surface area contributed by atoms with Crippen molar-refractivity contribution in [2.75, 3.05) is 19.6 Å². The first-order valence-electron chi connectivity index (χ1n) is 7.54. The Hall–Kier alpha value is -3.07. The third-order valence-corrected chi connectivity index (χ3v) is 4.13. The van der Waals surface area contributed by atoms with E-state index in [4.69, 9.17) is 0 Å². The molecule has 122 valence electrons. The zero-order chi connectivity index (χ0) is 16.7. The van der Waals surface area contributed by atoms with Crippen LogP contribution >= 0.6 is 0 Å². The van der Waals surface area contributed by atoms with Crippen LogP contribution < -0.4 is 5.32 Å². The first-order valence-corrected chi connectivity index (χ1v) is 7.54. The van der Waals surface area contributed by atoms with E-state index < -0.39 is 4.92 Å². The average molecular weight is 327 g/mol. The van der Waals surface area contributed by atoms with Gasteiger partial charge in [-0.2, -0.15) is 0 Å². The molecule has 4 rings (SSSR count). The number of nitrogens with one attached hydrogen (secondary N) is 1. The molecule has 1 unspecified atom stereocenters. The van der Waals surface area contributed by atoms with Crippen LogP contribution in [0.5, 0.6) is 0 Å². The third kappa shape index (κ3) is 2.26. The van der Waals surface area contributed by atoms with Crippen molar-refractivity contribution in [2.45, 2.75) is 6.04 Å². The van der Waals surface area contributed by atoms with Gasteiger partial charge in [-0.05, 0) is 6.08 Å². The second-order valence-electron chi connectivity index (χ2n) is 5.58. The number of nitrogens with zero attached hydrogens (tertiary/aromatic N) is 5. The van der Waals surface area contributed by atoms with Gasteiger partial charge in [0.25, 0.3) is 5.69 Å². The normalized spacial score (nSPS) is 22.2. The summed E-state index contributed by atoms with van der Waals surface area (Å²) in [6.07, 6.45) is 3.36. The minimum absolute atomic E-state index is 0.0240. The molecule has 0 amide bonds. The van der Waals surface area contributed by atoms with Crippen LogP contribution in [0.25, 0.3) is 0 Å². The van der Waals surface area contributed by atoms with Gasteiger partial charge in [0.1, 0.15) is 5.71 Å². The summed E-state index contributed by atoms with van der Waals surface area (Å²) in [5, 5.41) is 25.3. The maximum atomic E-state index is 11.1. The second-order valence-corrected chi connectivity index (χ2v) is 5.58. The van der Waals surface area contributed by atoms with Gasteiger partial charge in [0, 0.05) is 17.7 Å².